The third-order valence-corrected chi connectivity index (χ3v) is 2.07. The molecule has 68 valence electrons. The molecule has 2 nitrogen and oxygen atoms in total. The SMILES string of the molecule is CCCCC/C=C1\CCOC1=O. The first-order valence-electron chi connectivity index (χ1n) is 4.70. The molecule has 1 saturated heterocycles. The molecule has 0 aromatic rings. The topological polar surface area (TPSA) is 26.3 Å². The molecule has 0 aromatic carbocycles. The number of carbonyl (C=O) groups is 1. The minimum Gasteiger partial charge on any atom is -0.462 e. The van der Waals surface area contributed by atoms with Crippen molar-refractivity contribution in [2.24, 2.45) is 0 Å². The summed E-state index contributed by atoms with van der Waals surface area (Å²) in [4.78, 5) is 10.9. The molecule has 0 saturated carbocycles. The van der Waals surface area contributed by atoms with Crippen LogP contribution in [0.3, 0.4) is 0 Å². The molecule has 12 heavy (non-hydrogen) atoms. The number of cyclic esters (lactones) is 1. The van der Waals surface area contributed by atoms with E-state index in [1.165, 1.54) is 19.3 Å². The lowest BCUT2D eigenvalue weighted by Crippen LogP contribution is -1.94. The van der Waals surface area contributed by atoms with E-state index in [1.807, 2.05) is 6.08 Å². The Morgan fingerprint density at radius 2 is 2.33 bits per heavy atom. The zero-order chi connectivity index (χ0) is 8.81. The summed E-state index contributed by atoms with van der Waals surface area (Å²) in [5.41, 5.74) is 0.881. The van der Waals surface area contributed by atoms with Crippen LogP contribution in [0, 0.1) is 0 Å². The largest absolute Gasteiger partial charge is 0.462 e. The van der Waals surface area contributed by atoms with Crippen LogP contribution in [0.1, 0.15) is 39.0 Å². The van der Waals surface area contributed by atoms with E-state index < -0.39 is 0 Å². The average Bonchev–Trinajstić information content (AvgIpc) is 2.46. The van der Waals surface area contributed by atoms with Crippen LogP contribution in [0.15, 0.2) is 11.6 Å². The fraction of sp³-hybridized carbons (Fsp3) is 0.700. The standard InChI is InChI=1S/C10H16O2/c1-2-3-4-5-6-9-7-8-12-10(9)11/h6H,2-5,7-8H2,1H3/b9-6+. The van der Waals surface area contributed by atoms with Crippen molar-refractivity contribution in [3.63, 3.8) is 0 Å². The number of ether oxygens (including phenoxy) is 1. The molecule has 1 fully saturated rings. The molecule has 0 aliphatic carbocycles. The van der Waals surface area contributed by atoms with Gasteiger partial charge in [0.2, 0.25) is 0 Å². The monoisotopic (exact) mass is 168 g/mol. The van der Waals surface area contributed by atoms with Crippen LogP contribution < -0.4 is 0 Å². The van der Waals surface area contributed by atoms with Crippen LogP contribution in [0.2, 0.25) is 0 Å². The zero-order valence-electron chi connectivity index (χ0n) is 7.64. The van der Waals surface area contributed by atoms with Gasteiger partial charge in [0.15, 0.2) is 0 Å². The van der Waals surface area contributed by atoms with Crippen molar-refractivity contribution in [1.29, 1.82) is 0 Å². The third kappa shape index (κ3) is 2.68. The number of allylic oxidation sites excluding steroid dienone is 1. The molecular formula is C10H16O2. The molecule has 1 aliphatic heterocycles. The van der Waals surface area contributed by atoms with Crippen molar-refractivity contribution in [1.82, 2.24) is 0 Å². The lowest BCUT2D eigenvalue weighted by Gasteiger charge is -1.93. The highest BCUT2D eigenvalue weighted by atomic mass is 16.5. The Labute approximate surface area is 73.6 Å². The van der Waals surface area contributed by atoms with Crippen LogP contribution >= 0.6 is 0 Å². The van der Waals surface area contributed by atoms with Gasteiger partial charge in [-0.3, -0.25) is 0 Å². The van der Waals surface area contributed by atoms with Gasteiger partial charge in [-0.25, -0.2) is 4.79 Å². The highest BCUT2D eigenvalue weighted by Crippen LogP contribution is 2.14. The first-order valence-corrected chi connectivity index (χ1v) is 4.70. The molecule has 1 rings (SSSR count). The molecular weight excluding hydrogens is 152 g/mol. The Bertz CT molecular complexity index is 182. The van der Waals surface area contributed by atoms with Crippen LogP contribution in [-0.4, -0.2) is 12.6 Å². The molecule has 0 unspecified atom stereocenters. The van der Waals surface area contributed by atoms with Gasteiger partial charge in [0.1, 0.15) is 0 Å². The van der Waals surface area contributed by atoms with E-state index >= 15 is 0 Å². The Kier molecular flexibility index (Phi) is 3.85. The number of rotatable bonds is 4. The minimum atomic E-state index is -0.105. The third-order valence-electron chi connectivity index (χ3n) is 2.07. The molecule has 0 bridgehead atoms. The van der Waals surface area contributed by atoms with Crippen LogP contribution in [-0.2, 0) is 9.53 Å². The van der Waals surface area contributed by atoms with Crippen LogP contribution in [0.4, 0.5) is 0 Å². The van der Waals surface area contributed by atoms with Gasteiger partial charge < -0.3 is 4.74 Å². The predicted molar refractivity (Wildman–Crippen MR) is 47.8 cm³/mol. The van der Waals surface area contributed by atoms with E-state index in [2.05, 4.69) is 6.92 Å². The van der Waals surface area contributed by atoms with Gasteiger partial charge >= 0.3 is 5.97 Å². The summed E-state index contributed by atoms with van der Waals surface area (Å²) < 4.78 is 4.82. The summed E-state index contributed by atoms with van der Waals surface area (Å²) in [6, 6.07) is 0. The maximum atomic E-state index is 10.9. The quantitative estimate of drug-likeness (QED) is 0.366. The van der Waals surface area contributed by atoms with Crippen molar-refractivity contribution in [3.05, 3.63) is 11.6 Å². The molecule has 2 heteroatoms. The van der Waals surface area contributed by atoms with Gasteiger partial charge in [-0.05, 0) is 12.8 Å². The van der Waals surface area contributed by atoms with E-state index in [4.69, 9.17) is 4.74 Å². The smallest absolute Gasteiger partial charge is 0.333 e. The summed E-state index contributed by atoms with van der Waals surface area (Å²) in [6.07, 6.45) is 7.54. The van der Waals surface area contributed by atoms with Crippen LogP contribution in [0.25, 0.3) is 0 Å². The Morgan fingerprint density at radius 3 is 2.92 bits per heavy atom. The second-order valence-corrected chi connectivity index (χ2v) is 3.11. The normalized spacial score (nSPS) is 20.1. The molecule has 1 heterocycles. The maximum Gasteiger partial charge on any atom is 0.333 e. The fourth-order valence-corrected chi connectivity index (χ4v) is 1.30. The van der Waals surface area contributed by atoms with Crippen molar-refractivity contribution in [2.75, 3.05) is 6.61 Å². The van der Waals surface area contributed by atoms with Crippen molar-refractivity contribution >= 4 is 5.97 Å². The Morgan fingerprint density at radius 1 is 1.50 bits per heavy atom. The minimum absolute atomic E-state index is 0.105. The first-order chi connectivity index (χ1) is 5.84. The molecule has 0 amide bonds. The van der Waals surface area contributed by atoms with Crippen molar-refractivity contribution in [3.8, 4) is 0 Å². The highest BCUT2D eigenvalue weighted by Gasteiger charge is 2.17. The van der Waals surface area contributed by atoms with E-state index in [1.54, 1.807) is 0 Å². The number of hydrogen-bond acceptors (Lipinski definition) is 2. The van der Waals surface area contributed by atoms with Gasteiger partial charge in [-0.2, -0.15) is 0 Å². The summed E-state index contributed by atoms with van der Waals surface area (Å²) in [6.45, 7) is 2.76. The van der Waals surface area contributed by atoms with Gasteiger partial charge in [0.05, 0.1) is 6.61 Å². The van der Waals surface area contributed by atoms with E-state index in [-0.39, 0.29) is 5.97 Å². The number of carbonyl (C=O) groups excluding carboxylic acids is 1. The first kappa shape index (κ1) is 9.30. The van der Waals surface area contributed by atoms with Crippen molar-refractivity contribution in [2.45, 2.75) is 39.0 Å². The van der Waals surface area contributed by atoms with E-state index in [9.17, 15) is 4.79 Å². The lowest BCUT2D eigenvalue weighted by atomic mass is 10.1. The molecule has 0 atom stereocenters. The van der Waals surface area contributed by atoms with Gasteiger partial charge in [0.25, 0.3) is 0 Å². The fourth-order valence-electron chi connectivity index (χ4n) is 1.30. The molecule has 0 spiro atoms. The number of unbranched alkanes of at least 4 members (excludes halogenated alkanes) is 3. The molecule has 0 radical (unpaired) electrons. The second-order valence-electron chi connectivity index (χ2n) is 3.11. The molecule has 0 aromatic heterocycles. The van der Waals surface area contributed by atoms with E-state index in [0.29, 0.717) is 6.61 Å². The number of hydrogen-bond donors (Lipinski definition) is 0. The summed E-state index contributed by atoms with van der Waals surface area (Å²) in [5, 5.41) is 0. The maximum absolute atomic E-state index is 10.9. The molecule has 1 aliphatic rings. The zero-order valence-corrected chi connectivity index (χ0v) is 7.64. The summed E-state index contributed by atoms with van der Waals surface area (Å²) in [5.74, 6) is -0.105. The van der Waals surface area contributed by atoms with Crippen molar-refractivity contribution < 1.29 is 9.53 Å². The second kappa shape index (κ2) is 4.96. The van der Waals surface area contributed by atoms with Gasteiger partial charge in [0, 0.05) is 12.0 Å². The van der Waals surface area contributed by atoms with Gasteiger partial charge in [-0.15, -0.1) is 0 Å². The highest BCUT2D eigenvalue weighted by molar-refractivity contribution is 5.90. The van der Waals surface area contributed by atoms with Crippen LogP contribution in [0.5, 0.6) is 0 Å². The van der Waals surface area contributed by atoms with Gasteiger partial charge in [-0.1, -0.05) is 25.8 Å². The summed E-state index contributed by atoms with van der Waals surface area (Å²) in [7, 11) is 0. The Balaban J connectivity index is 2.22. The Hall–Kier alpha value is -0.790. The molecule has 0 N–H and O–H groups in total. The average molecular weight is 168 g/mol. The lowest BCUT2D eigenvalue weighted by molar-refractivity contribution is -0.135. The van der Waals surface area contributed by atoms with E-state index in [0.717, 1.165) is 18.4 Å². The predicted octanol–water partition coefficient (Wildman–Crippen LogP) is 2.44. The number of esters is 1. The summed E-state index contributed by atoms with van der Waals surface area (Å²) >= 11 is 0.